The van der Waals surface area contributed by atoms with Crippen molar-refractivity contribution in [2.24, 2.45) is 0 Å². The molecular formula is C30H35BrFN3O5S. The standard InChI is InChI=1S/C30H35BrFN3O5S/c1-6-27(30(37)33-20(2)3)34(18-22-9-11-23(32)12-10-22)29(36)19-35(24-13-7-21(4)8-14-24)41(38,39)25-15-16-28(40-5)26(31)17-25/h7-17,20,27H,6,18-19H2,1-5H3,(H,33,37)/t27-/m0/s1. The average Bonchev–Trinajstić information content (AvgIpc) is 2.92. The zero-order valence-corrected chi connectivity index (χ0v) is 26.1. The Morgan fingerprint density at radius 1 is 1.02 bits per heavy atom. The molecule has 0 bridgehead atoms. The summed E-state index contributed by atoms with van der Waals surface area (Å²) in [6, 6.07) is 15.7. The van der Waals surface area contributed by atoms with Crippen molar-refractivity contribution in [1.82, 2.24) is 10.2 Å². The molecule has 220 valence electrons. The minimum absolute atomic E-state index is 0.0149. The van der Waals surface area contributed by atoms with Crippen LogP contribution >= 0.6 is 15.9 Å². The monoisotopic (exact) mass is 647 g/mol. The number of nitrogens with zero attached hydrogens (tertiary/aromatic N) is 2. The molecule has 0 aliphatic heterocycles. The molecule has 0 saturated heterocycles. The van der Waals surface area contributed by atoms with Gasteiger partial charge >= 0.3 is 0 Å². The highest BCUT2D eigenvalue weighted by Crippen LogP contribution is 2.31. The Morgan fingerprint density at radius 2 is 1.66 bits per heavy atom. The highest BCUT2D eigenvalue weighted by molar-refractivity contribution is 9.10. The lowest BCUT2D eigenvalue weighted by atomic mass is 10.1. The minimum Gasteiger partial charge on any atom is -0.496 e. The number of amides is 2. The van der Waals surface area contributed by atoms with Crippen molar-refractivity contribution < 1.29 is 27.1 Å². The summed E-state index contributed by atoms with van der Waals surface area (Å²) in [6.07, 6.45) is 0.286. The van der Waals surface area contributed by atoms with Crippen molar-refractivity contribution in [2.45, 2.75) is 57.6 Å². The van der Waals surface area contributed by atoms with E-state index in [1.165, 1.54) is 54.5 Å². The van der Waals surface area contributed by atoms with Gasteiger partial charge in [-0.15, -0.1) is 0 Å². The molecule has 0 heterocycles. The van der Waals surface area contributed by atoms with Gasteiger partial charge in [0.15, 0.2) is 0 Å². The lowest BCUT2D eigenvalue weighted by molar-refractivity contribution is -0.140. The van der Waals surface area contributed by atoms with E-state index in [0.29, 0.717) is 15.8 Å². The van der Waals surface area contributed by atoms with Gasteiger partial charge < -0.3 is 15.0 Å². The lowest BCUT2D eigenvalue weighted by Crippen LogP contribution is -2.53. The molecule has 0 saturated carbocycles. The van der Waals surface area contributed by atoms with Crippen LogP contribution in [0.25, 0.3) is 0 Å². The number of anilines is 1. The summed E-state index contributed by atoms with van der Waals surface area (Å²) < 4.78 is 48.3. The Morgan fingerprint density at radius 3 is 2.20 bits per heavy atom. The number of nitrogens with one attached hydrogen (secondary N) is 1. The van der Waals surface area contributed by atoms with Crippen molar-refractivity contribution >= 4 is 43.5 Å². The number of rotatable bonds is 12. The molecule has 3 aromatic carbocycles. The van der Waals surface area contributed by atoms with Crippen molar-refractivity contribution in [3.8, 4) is 5.75 Å². The lowest BCUT2D eigenvalue weighted by Gasteiger charge is -2.33. The van der Waals surface area contributed by atoms with E-state index in [9.17, 15) is 22.4 Å². The van der Waals surface area contributed by atoms with E-state index in [-0.39, 0.29) is 35.5 Å². The Kier molecular flexibility index (Phi) is 10.9. The number of carbonyl (C=O) groups excluding carboxylic acids is 2. The van der Waals surface area contributed by atoms with Crippen LogP contribution in [0.2, 0.25) is 0 Å². The molecule has 0 spiro atoms. The van der Waals surface area contributed by atoms with Gasteiger partial charge in [-0.25, -0.2) is 12.8 Å². The van der Waals surface area contributed by atoms with Gasteiger partial charge in [0.25, 0.3) is 10.0 Å². The molecule has 0 aliphatic carbocycles. The summed E-state index contributed by atoms with van der Waals surface area (Å²) in [7, 11) is -2.77. The van der Waals surface area contributed by atoms with Crippen LogP contribution in [0, 0.1) is 12.7 Å². The zero-order valence-electron chi connectivity index (χ0n) is 23.7. The normalized spacial score (nSPS) is 12.1. The molecule has 1 N–H and O–H groups in total. The third-order valence-electron chi connectivity index (χ3n) is 6.40. The first-order chi connectivity index (χ1) is 19.4. The summed E-state index contributed by atoms with van der Waals surface area (Å²) in [5, 5.41) is 2.85. The fourth-order valence-electron chi connectivity index (χ4n) is 4.26. The molecule has 0 aromatic heterocycles. The van der Waals surface area contributed by atoms with Crippen molar-refractivity contribution in [1.29, 1.82) is 0 Å². The van der Waals surface area contributed by atoms with E-state index >= 15 is 0 Å². The number of hydrogen-bond donors (Lipinski definition) is 1. The second-order valence-corrected chi connectivity index (χ2v) is 12.6. The van der Waals surface area contributed by atoms with Crippen LogP contribution in [-0.4, -0.2) is 50.9 Å². The first kappa shape index (κ1) is 32.1. The number of ether oxygens (including phenoxy) is 1. The minimum atomic E-state index is -4.24. The van der Waals surface area contributed by atoms with Gasteiger partial charge in [-0.1, -0.05) is 36.8 Å². The van der Waals surface area contributed by atoms with E-state index in [1.807, 2.05) is 20.8 Å². The van der Waals surface area contributed by atoms with Gasteiger partial charge in [-0.05, 0) is 91.1 Å². The molecule has 0 aliphatic rings. The first-order valence-corrected chi connectivity index (χ1v) is 15.4. The van der Waals surface area contributed by atoms with Crippen LogP contribution in [0.3, 0.4) is 0 Å². The molecule has 0 radical (unpaired) electrons. The summed E-state index contributed by atoms with van der Waals surface area (Å²) in [6.45, 7) is 6.70. The van der Waals surface area contributed by atoms with Gasteiger partial charge in [0.1, 0.15) is 24.2 Å². The predicted molar refractivity (Wildman–Crippen MR) is 161 cm³/mol. The molecule has 11 heteroatoms. The molecule has 0 fully saturated rings. The summed E-state index contributed by atoms with van der Waals surface area (Å²) in [5.74, 6) is -0.925. The van der Waals surface area contributed by atoms with Crippen LogP contribution in [0.4, 0.5) is 10.1 Å². The van der Waals surface area contributed by atoms with Gasteiger partial charge in [-0.2, -0.15) is 0 Å². The highest BCUT2D eigenvalue weighted by Gasteiger charge is 2.34. The molecular weight excluding hydrogens is 613 g/mol. The van der Waals surface area contributed by atoms with E-state index < -0.39 is 34.3 Å². The van der Waals surface area contributed by atoms with E-state index in [1.54, 1.807) is 31.2 Å². The molecule has 3 aromatic rings. The Bertz CT molecular complexity index is 1460. The molecule has 41 heavy (non-hydrogen) atoms. The SMILES string of the molecule is CC[C@@H](C(=O)NC(C)C)N(Cc1ccc(F)cc1)C(=O)CN(c1ccc(C)cc1)S(=O)(=O)c1ccc(OC)c(Br)c1. The fourth-order valence-corrected chi connectivity index (χ4v) is 6.39. The number of halogens is 2. The van der Waals surface area contributed by atoms with Crippen LogP contribution < -0.4 is 14.4 Å². The molecule has 1 atom stereocenters. The van der Waals surface area contributed by atoms with Crippen LogP contribution in [0.1, 0.15) is 38.3 Å². The smallest absolute Gasteiger partial charge is 0.264 e. The third kappa shape index (κ3) is 8.07. The zero-order chi connectivity index (χ0) is 30.3. The van der Waals surface area contributed by atoms with Crippen LogP contribution in [0.5, 0.6) is 5.75 Å². The average molecular weight is 649 g/mol. The van der Waals surface area contributed by atoms with E-state index in [4.69, 9.17) is 4.74 Å². The molecule has 8 nitrogen and oxygen atoms in total. The summed E-state index contributed by atoms with van der Waals surface area (Å²) in [4.78, 5) is 28.5. The number of hydrogen-bond acceptors (Lipinski definition) is 5. The quantitative estimate of drug-likeness (QED) is 0.283. The van der Waals surface area contributed by atoms with Gasteiger partial charge in [0, 0.05) is 12.6 Å². The molecule has 2 amide bonds. The largest absolute Gasteiger partial charge is 0.496 e. The van der Waals surface area contributed by atoms with Gasteiger partial charge in [0.05, 0.1) is 22.2 Å². The van der Waals surface area contributed by atoms with E-state index in [0.717, 1.165) is 9.87 Å². The van der Waals surface area contributed by atoms with Crippen molar-refractivity contribution in [3.05, 3.63) is 88.1 Å². The van der Waals surface area contributed by atoms with Crippen LogP contribution in [0.15, 0.2) is 76.1 Å². The number of carbonyl (C=O) groups is 2. The highest BCUT2D eigenvalue weighted by atomic mass is 79.9. The molecule has 0 unspecified atom stereocenters. The fraction of sp³-hybridized carbons (Fsp3) is 0.333. The maximum Gasteiger partial charge on any atom is 0.264 e. The maximum atomic E-state index is 14.0. The Hall–Kier alpha value is -3.44. The number of sulfonamides is 1. The number of aryl methyl sites for hydroxylation is 1. The maximum absolute atomic E-state index is 14.0. The van der Waals surface area contributed by atoms with Crippen molar-refractivity contribution in [3.63, 3.8) is 0 Å². The van der Waals surface area contributed by atoms with Gasteiger partial charge in [-0.3, -0.25) is 13.9 Å². The summed E-state index contributed by atoms with van der Waals surface area (Å²) >= 11 is 3.34. The third-order valence-corrected chi connectivity index (χ3v) is 8.78. The second-order valence-electron chi connectivity index (χ2n) is 9.88. The number of methoxy groups -OCH3 is 1. The van der Waals surface area contributed by atoms with Crippen LogP contribution in [-0.2, 0) is 26.2 Å². The van der Waals surface area contributed by atoms with Crippen molar-refractivity contribution in [2.75, 3.05) is 18.0 Å². The Labute approximate surface area is 249 Å². The first-order valence-electron chi connectivity index (χ1n) is 13.1. The molecule has 3 rings (SSSR count). The predicted octanol–water partition coefficient (Wildman–Crippen LogP) is 5.43. The Balaban J connectivity index is 2.08. The van der Waals surface area contributed by atoms with E-state index in [2.05, 4.69) is 21.2 Å². The summed E-state index contributed by atoms with van der Waals surface area (Å²) in [5.41, 5.74) is 1.80. The topological polar surface area (TPSA) is 96.0 Å². The number of benzene rings is 3. The van der Waals surface area contributed by atoms with Gasteiger partial charge in [0.2, 0.25) is 11.8 Å². The second kappa shape index (κ2) is 14.0.